The van der Waals surface area contributed by atoms with E-state index in [-0.39, 0.29) is 5.92 Å². The van der Waals surface area contributed by atoms with Crippen LogP contribution in [-0.2, 0) is 4.79 Å². The first-order chi connectivity index (χ1) is 8.34. The van der Waals surface area contributed by atoms with Gasteiger partial charge in [-0.05, 0) is 38.8 Å². The predicted molar refractivity (Wildman–Crippen MR) is 66.8 cm³/mol. The van der Waals surface area contributed by atoms with Crippen molar-refractivity contribution in [1.82, 2.24) is 15.1 Å². The third kappa shape index (κ3) is 2.33. The topological polar surface area (TPSA) is 35.6 Å². The maximum absolute atomic E-state index is 12.4. The van der Waals surface area contributed by atoms with Gasteiger partial charge in [-0.15, -0.1) is 0 Å². The predicted octanol–water partition coefficient (Wildman–Crippen LogP) is 0.293. The minimum atomic E-state index is 0.247. The molecule has 1 N–H and O–H groups in total. The van der Waals surface area contributed by atoms with Gasteiger partial charge in [-0.1, -0.05) is 0 Å². The number of carbonyl (C=O) groups is 1. The van der Waals surface area contributed by atoms with Crippen molar-refractivity contribution in [1.29, 1.82) is 0 Å². The Hall–Kier alpha value is -0.610. The summed E-state index contributed by atoms with van der Waals surface area (Å²) in [6.45, 7) is 6.25. The maximum atomic E-state index is 12.4. The van der Waals surface area contributed by atoms with Gasteiger partial charge >= 0.3 is 0 Å². The van der Waals surface area contributed by atoms with Crippen molar-refractivity contribution in [2.45, 2.75) is 31.7 Å². The third-order valence-electron chi connectivity index (χ3n) is 4.55. The van der Waals surface area contributed by atoms with Crippen LogP contribution in [0.4, 0.5) is 0 Å². The molecule has 3 fully saturated rings. The molecule has 1 amide bonds. The van der Waals surface area contributed by atoms with E-state index in [2.05, 4.69) is 15.1 Å². The summed E-state index contributed by atoms with van der Waals surface area (Å²) in [6.07, 6.45) is 4.83. The van der Waals surface area contributed by atoms with E-state index in [1.54, 1.807) is 0 Å². The van der Waals surface area contributed by atoms with E-state index in [0.29, 0.717) is 11.9 Å². The van der Waals surface area contributed by atoms with Crippen LogP contribution in [-0.4, -0.2) is 61.0 Å². The Labute approximate surface area is 103 Å². The van der Waals surface area contributed by atoms with Gasteiger partial charge in [0.05, 0.1) is 5.92 Å². The van der Waals surface area contributed by atoms with Crippen LogP contribution in [0.15, 0.2) is 0 Å². The number of amides is 1. The Morgan fingerprint density at radius 2 is 2.06 bits per heavy atom. The highest BCUT2D eigenvalue weighted by molar-refractivity contribution is 5.79. The molecule has 1 unspecified atom stereocenters. The number of rotatable bonds is 1. The van der Waals surface area contributed by atoms with Crippen molar-refractivity contribution in [3.8, 4) is 0 Å². The Balaban J connectivity index is 1.58. The zero-order valence-electron chi connectivity index (χ0n) is 10.5. The van der Waals surface area contributed by atoms with Crippen molar-refractivity contribution in [2.75, 3.05) is 39.3 Å². The first kappa shape index (κ1) is 11.5. The molecule has 96 valence electrons. The molecule has 0 aromatic rings. The second-order valence-corrected chi connectivity index (χ2v) is 5.66. The molecule has 3 aliphatic rings. The first-order valence-electron chi connectivity index (χ1n) is 7.08. The molecule has 0 aromatic heterocycles. The molecule has 0 spiro atoms. The van der Waals surface area contributed by atoms with Gasteiger partial charge in [0.15, 0.2) is 0 Å². The lowest BCUT2D eigenvalue weighted by Gasteiger charge is -2.39. The Kier molecular flexibility index (Phi) is 3.34. The van der Waals surface area contributed by atoms with Gasteiger partial charge in [0.2, 0.25) is 5.91 Å². The largest absolute Gasteiger partial charge is 0.340 e. The molecule has 2 atom stereocenters. The summed E-state index contributed by atoms with van der Waals surface area (Å²) in [5.41, 5.74) is 0. The molecular formula is C13H23N3O. The lowest BCUT2D eigenvalue weighted by Crippen LogP contribution is -2.54. The smallest absolute Gasteiger partial charge is 0.227 e. The van der Waals surface area contributed by atoms with Crippen molar-refractivity contribution in [3.05, 3.63) is 0 Å². The Bertz CT molecular complexity index is 288. The second-order valence-electron chi connectivity index (χ2n) is 5.66. The SMILES string of the molecule is O=C([C@H]1CCCNC1)N1CCN2CCCC2C1. The van der Waals surface area contributed by atoms with Crippen LogP contribution in [0.1, 0.15) is 25.7 Å². The van der Waals surface area contributed by atoms with E-state index in [1.807, 2.05) is 0 Å². The summed E-state index contributed by atoms with van der Waals surface area (Å²) >= 11 is 0. The van der Waals surface area contributed by atoms with Crippen molar-refractivity contribution in [3.63, 3.8) is 0 Å². The summed E-state index contributed by atoms with van der Waals surface area (Å²) in [6, 6.07) is 0.657. The molecule has 4 heteroatoms. The minimum Gasteiger partial charge on any atom is -0.340 e. The van der Waals surface area contributed by atoms with Gasteiger partial charge in [0.1, 0.15) is 0 Å². The van der Waals surface area contributed by atoms with Crippen LogP contribution in [0.5, 0.6) is 0 Å². The zero-order chi connectivity index (χ0) is 11.7. The summed E-state index contributed by atoms with van der Waals surface area (Å²) in [4.78, 5) is 17.1. The van der Waals surface area contributed by atoms with Gasteiger partial charge in [0, 0.05) is 32.2 Å². The number of hydrogen-bond donors (Lipinski definition) is 1. The molecule has 3 rings (SSSR count). The standard InChI is InChI=1S/C13H23N3O/c17-13(11-3-1-5-14-9-11)16-8-7-15-6-2-4-12(15)10-16/h11-12,14H,1-10H2/t11-,12?/m0/s1. The highest BCUT2D eigenvalue weighted by atomic mass is 16.2. The van der Waals surface area contributed by atoms with Crippen molar-refractivity contribution in [2.24, 2.45) is 5.92 Å². The van der Waals surface area contributed by atoms with Crippen molar-refractivity contribution >= 4 is 5.91 Å². The average molecular weight is 237 g/mol. The highest BCUT2D eigenvalue weighted by Crippen LogP contribution is 2.23. The van der Waals surface area contributed by atoms with E-state index in [1.165, 1.54) is 19.4 Å². The number of hydrogen-bond acceptors (Lipinski definition) is 3. The Morgan fingerprint density at radius 3 is 2.88 bits per heavy atom. The molecule has 3 heterocycles. The summed E-state index contributed by atoms with van der Waals surface area (Å²) < 4.78 is 0. The third-order valence-corrected chi connectivity index (χ3v) is 4.55. The number of piperazine rings is 1. The van der Waals surface area contributed by atoms with Gasteiger partial charge in [-0.3, -0.25) is 9.69 Å². The summed E-state index contributed by atoms with van der Waals surface area (Å²) in [5.74, 6) is 0.653. The molecular weight excluding hydrogens is 214 g/mol. The maximum Gasteiger partial charge on any atom is 0.227 e. The van der Waals surface area contributed by atoms with Crippen LogP contribution >= 0.6 is 0 Å². The molecule has 0 aliphatic carbocycles. The average Bonchev–Trinajstić information content (AvgIpc) is 2.86. The number of fused-ring (bicyclic) bond motifs is 1. The molecule has 17 heavy (non-hydrogen) atoms. The zero-order valence-corrected chi connectivity index (χ0v) is 10.5. The van der Waals surface area contributed by atoms with E-state index < -0.39 is 0 Å². The van der Waals surface area contributed by atoms with Gasteiger partial charge in [-0.25, -0.2) is 0 Å². The summed E-state index contributed by atoms with van der Waals surface area (Å²) in [5, 5.41) is 3.34. The van der Waals surface area contributed by atoms with Crippen LogP contribution in [0, 0.1) is 5.92 Å². The first-order valence-corrected chi connectivity index (χ1v) is 7.08. The quantitative estimate of drug-likeness (QED) is 0.712. The fraction of sp³-hybridized carbons (Fsp3) is 0.923. The molecule has 0 radical (unpaired) electrons. The van der Waals surface area contributed by atoms with Crippen LogP contribution in [0.25, 0.3) is 0 Å². The normalized spacial score (nSPS) is 34.7. The van der Waals surface area contributed by atoms with Gasteiger partial charge in [-0.2, -0.15) is 0 Å². The lowest BCUT2D eigenvalue weighted by atomic mass is 9.97. The van der Waals surface area contributed by atoms with Crippen LogP contribution in [0.2, 0.25) is 0 Å². The highest BCUT2D eigenvalue weighted by Gasteiger charge is 2.34. The van der Waals surface area contributed by atoms with Crippen molar-refractivity contribution < 1.29 is 4.79 Å². The van der Waals surface area contributed by atoms with E-state index in [9.17, 15) is 4.79 Å². The van der Waals surface area contributed by atoms with Crippen LogP contribution in [0.3, 0.4) is 0 Å². The van der Waals surface area contributed by atoms with Crippen LogP contribution < -0.4 is 5.32 Å². The van der Waals surface area contributed by atoms with E-state index in [0.717, 1.165) is 45.6 Å². The molecule has 0 aromatic carbocycles. The second kappa shape index (κ2) is 4.94. The van der Waals surface area contributed by atoms with E-state index in [4.69, 9.17) is 0 Å². The Morgan fingerprint density at radius 1 is 1.12 bits per heavy atom. The lowest BCUT2D eigenvalue weighted by molar-refractivity contribution is -0.138. The van der Waals surface area contributed by atoms with Gasteiger partial charge in [0.25, 0.3) is 0 Å². The molecule has 0 bridgehead atoms. The van der Waals surface area contributed by atoms with E-state index >= 15 is 0 Å². The molecule has 3 aliphatic heterocycles. The monoisotopic (exact) mass is 237 g/mol. The fourth-order valence-corrected chi connectivity index (χ4v) is 3.51. The molecule has 4 nitrogen and oxygen atoms in total. The minimum absolute atomic E-state index is 0.247. The number of piperidine rings is 1. The number of nitrogens with one attached hydrogen (secondary N) is 1. The number of carbonyl (C=O) groups excluding carboxylic acids is 1. The summed E-state index contributed by atoms with van der Waals surface area (Å²) in [7, 11) is 0. The molecule has 3 saturated heterocycles. The molecule has 0 saturated carbocycles. The fourth-order valence-electron chi connectivity index (χ4n) is 3.51. The van der Waals surface area contributed by atoms with Gasteiger partial charge < -0.3 is 10.2 Å². The number of nitrogens with zero attached hydrogens (tertiary/aromatic N) is 2.